The molecule has 0 bridgehead atoms. The van der Waals surface area contributed by atoms with Crippen LogP contribution in [0.5, 0.6) is 0 Å². The van der Waals surface area contributed by atoms with Crippen LogP contribution in [0.4, 0.5) is 11.4 Å². The number of hydroxylamine groups is 1. The Morgan fingerprint density at radius 3 is 1.93 bits per heavy atom. The lowest BCUT2D eigenvalue weighted by Crippen LogP contribution is -2.35. The van der Waals surface area contributed by atoms with Crippen molar-refractivity contribution in [1.29, 1.82) is 0 Å². The van der Waals surface area contributed by atoms with E-state index in [4.69, 9.17) is 5.21 Å². The minimum atomic E-state index is -0.347. The Bertz CT molecular complexity index is 653. The molecule has 2 rings (SSSR count). The Morgan fingerprint density at radius 1 is 0.815 bits per heavy atom. The Kier molecular flexibility index (Phi) is 9.03. The molecule has 0 aliphatic carbocycles. The van der Waals surface area contributed by atoms with Gasteiger partial charge in [-0.2, -0.15) is 0 Å². The summed E-state index contributed by atoms with van der Waals surface area (Å²) >= 11 is 0. The maximum absolute atomic E-state index is 12.8. The van der Waals surface area contributed by atoms with Crippen molar-refractivity contribution in [3.63, 3.8) is 0 Å². The van der Waals surface area contributed by atoms with E-state index in [1.54, 1.807) is 10.4 Å². The van der Waals surface area contributed by atoms with E-state index in [0.29, 0.717) is 6.42 Å². The monoisotopic (exact) mass is 369 g/mol. The van der Waals surface area contributed by atoms with Gasteiger partial charge in [0, 0.05) is 17.8 Å². The first kappa shape index (κ1) is 20.6. The minimum absolute atomic E-state index is 0.00739. The molecular formula is C21H27N3O3. The molecule has 0 saturated heterocycles. The van der Waals surface area contributed by atoms with Gasteiger partial charge in [-0.3, -0.25) is 19.7 Å². The maximum Gasteiger partial charge on any atom is 0.245 e. The molecule has 0 unspecified atom stereocenters. The highest BCUT2D eigenvalue weighted by molar-refractivity contribution is 6.01. The summed E-state index contributed by atoms with van der Waals surface area (Å²) in [5.74, 6) is -0.354. The van der Waals surface area contributed by atoms with Gasteiger partial charge in [-0.1, -0.05) is 49.2 Å². The number of amides is 2. The molecule has 0 heterocycles. The van der Waals surface area contributed by atoms with E-state index >= 15 is 0 Å². The zero-order valence-corrected chi connectivity index (χ0v) is 15.4. The number of rotatable bonds is 11. The number of unbranched alkanes of at least 4 members (excludes halogenated alkanes) is 3. The topological polar surface area (TPSA) is 81.7 Å². The van der Waals surface area contributed by atoms with Crippen LogP contribution in [-0.2, 0) is 9.59 Å². The third kappa shape index (κ3) is 7.21. The second-order valence-corrected chi connectivity index (χ2v) is 6.28. The molecule has 3 N–H and O–H groups in total. The van der Waals surface area contributed by atoms with Crippen LogP contribution in [0.2, 0.25) is 0 Å². The van der Waals surface area contributed by atoms with Gasteiger partial charge in [-0.05, 0) is 43.7 Å². The Morgan fingerprint density at radius 2 is 1.37 bits per heavy atom. The quantitative estimate of drug-likeness (QED) is 0.322. The summed E-state index contributed by atoms with van der Waals surface area (Å²) in [5.41, 5.74) is 3.32. The van der Waals surface area contributed by atoms with Crippen LogP contribution in [0.3, 0.4) is 0 Å². The fourth-order valence-corrected chi connectivity index (χ4v) is 2.81. The van der Waals surface area contributed by atoms with E-state index in [9.17, 15) is 9.59 Å². The lowest BCUT2D eigenvalue weighted by atomic mass is 10.1. The number of hydrogen-bond acceptors (Lipinski definition) is 4. The number of para-hydroxylation sites is 2. The molecule has 0 spiro atoms. The zero-order chi connectivity index (χ0) is 19.3. The molecule has 27 heavy (non-hydrogen) atoms. The van der Waals surface area contributed by atoms with Crippen molar-refractivity contribution in [3.8, 4) is 0 Å². The second-order valence-electron chi connectivity index (χ2n) is 6.28. The van der Waals surface area contributed by atoms with E-state index in [2.05, 4.69) is 5.32 Å². The number of nitrogens with zero attached hydrogens (tertiary/aromatic N) is 1. The molecule has 144 valence electrons. The summed E-state index contributed by atoms with van der Waals surface area (Å²) in [6.45, 7) is 1.01. The smallest absolute Gasteiger partial charge is 0.245 e. The van der Waals surface area contributed by atoms with Gasteiger partial charge < -0.3 is 5.32 Å². The van der Waals surface area contributed by atoms with Crippen molar-refractivity contribution in [2.75, 3.05) is 18.0 Å². The lowest BCUT2D eigenvalue weighted by molar-refractivity contribution is -0.129. The van der Waals surface area contributed by atoms with Crippen molar-refractivity contribution in [2.45, 2.75) is 32.1 Å². The van der Waals surface area contributed by atoms with Gasteiger partial charge in [0.2, 0.25) is 11.8 Å². The van der Waals surface area contributed by atoms with E-state index in [1.165, 1.54) is 0 Å². The van der Waals surface area contributed by atoms with Crippen molar-refractivity contribution < 1.29 is 14.8 Å². The van der Waals surface area contributed by atoms with Crippen LogP contribution in [0.1, 0.15) is 32.1 Å². The zero-order valence-electron chi connectivity index (χ0n) is 15.4. The summed E-state index contributed by atoms with van der Waals surface area (Å²) in [6.07, 6.45) is 3.92. The Labute approximate surface area is 160 Å². The van der Waals surface area contributed by atoms with E-state index < -0.39 is 0 Å². The molecule has 0 aliphatic heterocycles. The molecule has 2 amide bonds. The number of nitrogens with one attached hydrogen (secondary N) is 2. The third-order valence-electron chi connectivity index (χ3n) is 4.19. The van der Waals surface area contributed by atoms with E-state index in [0.717, 1.165) is 43.6 Å². The third-order valence-corrected chi connectivity index (χ3v) is 4.19. The molecule has 0 saturated carbocycles. The van der Waals surface area contributed by atoms with Gasteiger partial charge in [-0.15, -0.1) is 0 Å². The molecule has 6 heteroatoms. The number of carbonyl (C=O) groups is 2. The number of anilines is 2. The Hall–Kier alpha value is -2.70. The summed E-state index contributed by atoms with van der Waals surface area (Å²) in [7, 11) is 0. The van der Waals surface area contributed by atoms with Gasteiger partial charge in [-0.25, -0.2) is 5.48 Å². The van der Waals surface area contributed by atoms with Gasteiger partial charge >= 0.3 is 0 Å². The van der Waals surface area contributed by atoms with Gasteiger partial charge in [0.15, 0.2) is 0 Å². The largest absolute Gasteiger partial charge is 0.308 e. The molecule has 0 aliphatic rings. The molecule has 0 aromatic heterocycles. The van der Waals surface area contributed by atoms with Crippen molar-refractivity contribution in [2.24, 2.45) is 0 Å². The summed E-state index contributed by atoms with van der Waals surface area (Å²) in [6, 6.07) is 19.2. The van der Waals surface area contributed by atoms with Crippen LogP contribution in [0, 0.1) is 0 Å². The number of hydrogen-bond donors (Lipinski definition) is 3. The predicted molar refractivity (Wildman–Crippen MR) is 106 cm³/mol. The van der Waals surface area contributed by atoms with Crippen molar-refractivity contribution in [1.82, 2.24) is 10.8 Å². The standard InChI is InChI=1S/C21H27N3O3/c25-20(23-27)15-9-1-2-10-16-22-17-21(26)24(18-11-5-3-6-12-18)19-13-7-4-8-14-19/h3-8,11-14,22,27H,1-2,9-10,15-17H2,(H,23,25). The van der Waals surface area contributed by atoms with Crippen molar-refractivity contribution >= 4 is 23.2 Å². The molecule has 0 radical (unpaired) electrons. The van der Waals surface area contributed by atoms with Crippen LogP contribution < -0.4 is 15.7 Å². The van der Waals surface area contributed by atoms with Gasteiger partial charge in [0.25, 0.3) is 0 Å². The van der Waals surface area contributed by atoms with Gasteiger partial charge in [0.1, 0.15) is 0 Å². The fraction of sp³-hybridized carbons (Fsp3) is 0.333. The highest BCUT2D eigenvalue weighted by Crippen LogP contribution is 2.24. The minimum Gasteiger partial charge on any atom is -0.308 e. The summed E-state index contributed by atoms with van der Waals surface area (Å²) < 4.78 is 0. The summed E-state index contributed by atoms with van der Waals surface area (Å²) in [5, 5.41) is 11.6. The molecule has 6 nitrogen and oxygen atoms in total. The SMILES string of the molecule is O=C(CCCCCCNCC(=O)N(c1ccccc1)c1ccccc1)NO. The van der Waals surface area contributed by atoms with E-state index in [-0.39, 0.29) is 18.4 Å². The second kappa shape index (κ2) is 11.8. The first-order valence-corrected chi connectivity index (χ1v) is 9.29. The molecule has 0 fully saturated rings. The predicted octanol–water partition coefficient (Wildman–Crippen LogP) is 3.40. The molecule has 2 aromatic carbocycles. The summed E-state index contributed by atoms with van der Waals surface area (Å²) in [4.78, 5) is 25.4. The lowest BCUT2D eigenvalue weighted by Gasteiger charge is -2.23. The molecular weight excluding hydrogens is 342 g/mol. The first-order valence-electron chi connectivity index (χ1n) is 9.29. The average molecular weight is 369 g/mol. The van der Waals surface area contributed by atoms with Crippen LogP contribution in [0.25, 0.3) is 0 Å². The van der Waals surface area contributed by atoms with Crippen molar-refractivity contribution in [3.05, 3.63) is 60.7 Å². The van der Waals surface area contributed by atoms with Crippen LogP contribution in [-0.4, -0.2) is 30.1 Å². The van der Waals surface area contributed by atoms with Crippen LogP contribution >= 0.6 is 0 Å². The average Bonchev–Trinajstić information content (AvgIpc) is 2.71. The highest BCUT2D eigenvalue weighted by atomic mass is 16.5. The Balaban J connectivity index is 1.77. The number of benzene rings is 2. The highest BCUT2D eigenvalue weighted by Gasteiger charge is 2.16. The molecule has 0 atom stereocenters. The van der Waals surface area contributed by atoms with E-state index in [1.807, 2.05) is 60.7 Å². The maximum atomic E-state index is 12.8. The first-order chi connectivity index (χ1) is 13.2. The normalized spacial score (nSPS) is 10.4. The van der Waals surface area contributed by atoms with Gasteiger partial charge in [0.05, 0.1) is 6.54 Å². The number of carbonyl (C=O) groups excluding carboxylic acids is 2. The van der Waals surface area contributed by atoms with Crippen LogP contribution in [0.15, 0.2) is 60.7 Å². The molecule has 2 aromatic rings. The fourth-order valence-electron chi connectivity index (χ4n) is 2.81.